The van der Waals surface area contributed by atoms with Gasteiger partial charge in [0.1, 0.15) is 11.7 Å². The van der Waals surface area contributed by atoms with Crippen LogP contribution in [0, 0.1) is 23.7 Å². The molecule has 0 saturated carbocycles. The van der Waals surface area contributed by atoms with Crippen molar-refractivity contribution in [1.82, 2.24) is 0 Å². The highest BCUT2D eigenvalue weighted by molar-refractivity contribution is 5.94. The number of hydrogen-bond donors (Lipinski definition) is 0. The largest absolute Gasteiger partial charge is 0.459 e. The molecule has 8 atom stereocenters. The van der Waals surface area contributed by atoms with Crippen LogP contribution in [-0.2, 0) is 23.8 Å². The fraction of sp³-hybridized carbons (Fsp3) is 0.750. The Bertz CT molecular complexity index is 752. The van der Waals surface area contributed by atoms with E-state index in [9.17, 15) is 9.59 Å². The number of carbonyl (C=O) groups excluding carboxylic acids is 2. The van der Waals surface area contributed by atoms with Crippen molar-refractivity contribution in [3.63, 3.8) is 0 Å². The lowest BCUT2D eigenvalue weighted by atomic mass is 9.62. The number of rotatable bonds is 3. The van der Waals surface area contributed by atoms with E-state index in [0.717, 1.165) is 18.4 Å². The van der Waals surface area contributed by atoms with E-state index in [2.05, 4.69) is 26.8 Å². The average Bonchev–Trinajstić information content (AvgIpc) is 2.99. The van der Waals surface area contributed by atoms with E-state index >= 15 is 0 Å². The first-order valence-electron chi connectivity index (χ1n) is 11.1. The van der Waals surface area contributed by atoms with Crippen LogP contribution in [0.15, 0.2) is 23.3 Å². The zero-order valence-corrected chi connectivity index (χ0v) is 18.3. The number of fused-ring (bicyclic) bond motifs is 2. The molecule has 3 aliphatic heterocycles. The second-order valence-electron chi connectivity index (χ2n) is 9.71. The highest BCUT2D eigenvalue weighted by Gasteiger charge is 2.63. The molecule has 1 aliphatic carbocycles. The first-order valence-corrected chi connectivity index (χ1v) is 11.1. The van der Waals surface area contributed by atoms with E-state index in [1.54, 1.807) is 0 Å². The lowest BCUT2D eigenvalue weighted by Crippen LogP contribution is -2.56. The van der Waals surface area contributed by atoms with Gasteiger partial charge in [-0.3, -0.25) is 9.59 Å². The molecular weight excluding hydrogens is 368 g/mol. The molecule has 2 fully saturated rings. The Morgan fingerprint density at radius 2 is 2.07 bits per heavy atom. The fourth-order valence-corrected chi connectivity index (χ4v) is 6.07. The van der Waals surface area contributed by atoms with E-state index in [4.69, 9.17) is 14.2 Å². The molecule has 160 valence electrons. The van der Waals surface area contributed by atoms with Crippen molar-refractivity contribution >= 4 is 11.8 Å². The van der Waals surface area contributed by atoms with Gasteiger partial charge in [0.15, 0.2) is 5.78 Å². The van der Waals surface area contributed by atoms with Crippen LogP contribution in [0.4, 0.5) is 0 Å². The lowest BCUT2D eigenvalue weighted by Gasteiger charge is -2.42. The highest BCUT2D eigenvalue weighted by atomic mass is 16.6. The Morgan fingerprint density at radius 3 is 2.79 bits per heavy atom. The number of hydrogen-bond acceptors (Lipinski definition) is 5. The Balaban J connectivity index is 1.81. The maximum Gasteiger partial charge on any atom is 0.306 e. The van der Waals surface area contributed by atoms with Crippen LogP contribution in [0.3, 0.4) is 0 Å². The molecule has 4 aliphatic rings. The maximum absolute atomic E-state index is 13.0. The summed E-state index contributed by atoms with van der Waals surface area (Å²) in [4.78, 5) is 25.5. The van der Waals surface area contributed by atoms with Crippen LogP contribution in [0.1, 0.15) is 60.3 Å². The van der Waals surface area contributed by atoms with Gasteiger partial charge in [0, 0.05) is 30.6 Å². The van der Waals surface area contributed by atoms with Crippen LogP contribution in [0.2, 0.25) is 0 Å². The third-order valence-corrected chi connectivity index (χ3v) is 7.53. The second kappa shape index (κ2) is 7.66. The molecule has 4 rings (SSSR count). The minimum atomic E-state index is -0.775. The Kier molecular flexibility index (Phi) is 5.49. The molecule has 29 heavy (non-hydrogen) atoms. The normalized spacial score (nSPS) is 45.8. The molecule has 0 aromatic carbocycles. The first kappa shape index (κ1) is 20.8. The standard InChI is InChI=1S/C24H34O5/c1-6-7-19(26)29-18-9-8-13(2)10-17-21-14(3)11-16(25)20-15(4)12-27-24(18,5)23(28-17)22(20)21/h8,11,15,17-18,20-23H,6-7,9-10,12H2,1-5H3/b13-8-/t15-,17-,18+,20-,21-,22-,23-,24-/m0/s1. The van der Waals surface area contributed by atoms with Gasteiger partial charge in [0.05, 0.1) is 18.8 Å². The van der Waals surface area contributed by atoms with Crippen molar-refractivity contribution in [2.24, 2.45) is 23.7 Å². The number of esters is 1. The summed E-state index contributed by atoms with van der Waals surface area (Å²) in [5.41, 5.74) is 1.58. The fourth-order valence-electron chi connectivity index (χ4n) is 6.07. The summed E-state index contributed by atoms with van der Waals surface area (Å²) in [5.74, 6) is 0.285. The van der Waals surface area contributed by atoms with Gasteiger partial charge in [-0.25, -0.2) is 0 Å². The quantitative estimate of drug-likeness (QED) is 0.527. The summed E-state index contributed by atoms with van der Waals surface area (Å²) in [6.45, 7) is 10.8. The van der Waals surface area contributed by atoms with Crippen molar-refractivity contribution in [2.75, 3.05) is 6.61 Å². The van der Waals surface area contributed by atoms with Crippen LogP contribution in [0.25, 0.3) is 0 Å². The Morgan fingerprint density at radius 1 is 1.31 bits per heavy atom. The van der Waals surface area contributed by atoms with E-state index in [-0.39, 0.29) is 47.6 Å². The summed E-state index contributed by atoms with van der Waals surface area (Å²) in [5, 5.41) is 0. The monoisotopic (exact) mass is 402 g/mol. The van der Waals surface area contributed by atoms with Gasteiger partial charge in [-0.2, -0.15) is 0 Å². The predicted octanol–water partition coefficient (Wildman–Crippen LogP) is 4.01. The van der Waals surface area contributed by atoms with Crippen molar-refractivity contribution in [2.45, 2.75) is 84.2 Å². The smallest absolute Gasteiger partial charge is 0.306 e. The number of ketones is 1. The van der Waals surface area contributed by atoms with Gasteiger partial charge >= 0.3 is 5.97 Å². The molecule has 5 heteroatoms. The zero-order chi connectivity index (χ0) is 20.9. The number of ether oxygens (including phenoxy) is 3. The minimum Gasteiger partial charge on any atom is -0.459 e. The average molecular weight is 403 g/mol. The summed E-state index contributed by atoms with van der Waals surface area (Å²) in [7, 11) is 0. The molecule has 0 N–H and O–H groups in total. The second-order valence-corrected chi connectivity index (χ2v) is 9.71. The van der Waals surface area contributed by atoms with Crippen molar-refractivity contribution in [3.8, 4) is 0 Å². The molecule has 2 saturated heterocycles. The summed E-state index contributed by atoms with van der Waals surface area (Å²) in [6.07, 6.45) is 5.96. The van der Waals surface area contributed by atoms with Crippen molar-refractivity contribution in [3.05, 3.63) is 23.3 Å². The van der Waals surface area contributed by atoms with Gasteiger partial charge in [-0.05, 0) is 45.6 Å². The molecule has 0 aromatic rings. The lowest BCUT2D eigenvalue weighted by molar-refractivity contribution is -0.202. The topological polar surface area (TPSA) is 61.8 Å². The third kappa shape index (κ3) is 3.40. The van der Waals surface area contributed by atoms with E-state index < -0.39 is 11.7 Å². The molecule has 3 heterocycles. The van der Waals surface area contributed by atoms with Gasteiger partial charge in [0.2, 0.25) is 0 Å². The molecule has 0 unspecified atom stereocenters. The summed E-state index contributed by atoms with van der Waals surface area (Å²) in [6, 6.07) is 0. The molecule has 2 bridgehead atoms. The summed E-state index contributed by atoms with van der Waals surface area (Å²) >= 11 is 0. The molecule has 0 amide bonds. The molecule has 0 spiro atoms. The van der Waals surface area contributed by atoms with Crippen LogP contribution < -0.4 is 0 Å². The predicted molar refractivity (Wildman–Crippen MR) is 109 cm³/mol. The maximum atomic E-state index is 13.0. The van der Waals surface area contributed by atoms with Crippen molar-refractivity contribution in [1.29, 1.82) is 0 Å². The zero-order valence-electron chi connectivity index (χ0n) is 18.3. The van der Waals surface area contributed by atoms with Gasteiger partial charge in [-0.1, -0.05) is 31.1 Å². The van der Waals surface area contributed by atoms with Crippen molar-refractivity contribution < 1.29 is 23.8 Å². The van der Waals surface area contributed by atoms with Gasteiger partial charge < -0.3 is 14.2 Å². The van der Waals surface area contributed by atoms with Crippen LogP contribution in [0.5, 0.6) is 0 Å². The SMILES string of the molecule is CCCC(=O)O[C@@H]1C/C=C(/C)C[C@@H]2O[C@H]3[C@@H]4[C@H]2C(C)=CC(=O)[C@@H]4[C@@H](C)CO[C@@]13C. The molecule has 0 aromatic heterocycles. The van der Waals surface area contributed by atoms with Crippen LogP contribution >= 0.6 is 0 Å². The van der Waals surface area contributed by atoms with Gasteiger partial charge in [0.25, 0.3) is 0 Å². The number of allylic oxidation sites excluding steroid dienone is 1. The minimum absolute atomic E-state index is 0.0337. The molecule has 0 radical (unpaired) electrons. The molecule has 5 nitrogen and oxygen atoms in total. The van der Waals surface area contributed by atoms with E-state index in [0.29, 0.717) is 19.4 Å². The Labute approximate surface area is 173 Å². The third-order valence-electron chi connectivity index (χ3n) is 7.53. The summed E-state index contributed by atoms with van der Waals surface area (Å²) < 4.78 is 19.2. The van der Waals surface area contributed by atoms with E-state index in [1.807, 2.05) is 19.9 Å². The highest BCUT2D eigenvalue weighted by Crippen LogP contribution is 2.55. The Hall–Kier alpha value is -1.46. The van der Waals surface area contributed by atoms with Crippen LogP contribution in [-0.4, -0.2) is 42.3 Å². The van der Waals surface area contributed by atoms with E-state index in [1.165, 1.54) is 5.57 Å². The first-order chi connectivity index (χ1) is 13.8. The number of carbonyl (C=O) groups is 2. The molecular formula is C24H34O5. The van der Waals surface area contributed by atoms with Gasteiger partial charge in [-0.15, -0.1) is 0 Å².